The van der Waals surface area contributed by atoms with Gasteiger partial charge in [-0.1, -0.05) is 37.6 Å². The maximum absolute atomic E-state index is 9.95. The fourth-order valence-corrected chi connectivity index (χ4v) is 1.94. The van der Waals surface area contributed by atoms with E-state index in [1.807, 2.05) is 43.3 Å². The Bertz CT molecular complexity index is 628. The molecule has 0 saturated heterocycles. The highest BCUT2D eigenvalue weighted by atomic mass is 16.3. The van der Waals surface area contributed by atoms with Gasteiger partial charge in [-0.15, -0.1) is 0 Å². The highest BCUT2D eigenvalue weighted by Gasteiger charge is 2.09. The van der Waals surface area contributed by atoms with Crippen LogP contribution in [0.5, 0.6) is 5.75 Å². The Morgan fingerprint density at radius 3 is 2.35 bits per heavy atom. The second-order valence-corrected chi connectivity index (χ2v) is 5.26. The first-order valence-electron chi connectivity index (χ1n) is 6.71. The van der Waals surface area contributed by atoms with Crippen molar-refractivity contribution in [3.8, 4) is 5.75 Å². The highest BCUT2D eigenvalue weighted by molar-refractivity contribution is 6.01. The molecule has 104 valence electrons. The first kappa shape index (κ1) is 14.1. The van der Waals surface area contributed by atoms with Crippen molar-refractivity contribution in [1.82, 2.24) is 0 Å². The molecule has 2 aromatic rings. The predicted molar refractivity (Wildman–Crippen MR) is 83.8 cm³/mol. The highest BCUT2D eigenvalue weighted by Crippen LogP contribution is 2.24. The number of hydrogen-bond acceptors (Lipinski definition) is 2. The summed E-state index contributed by atoms with van der Waals surface area (Å²) in [7, 11) is 0. The number of rotatable bonds is 3. The summed E-state index contributed by atoms with van der Waals surface area (Å²) in [5.41, 5.74) is 9.68. The largest absolute Gasteiger partial charge is 0.507 e. The van der Waals surface area contributed by atoms with E-state index in [4.69, 9.17) is 5.73 Å². The number of phenolic OH excluding ortho intramolecular Hbond substituents is 1. The zero-order valence-electron chi connectivity index (χ0n) is 12.1. The quantitative estimate of drug-likeness (QED) is 0.656. The van der Waals surface area contributed by atoms with Crippen LogP contribution in [0.25, 0.3) is 0 Å². The summed E-state index contributed by atoms with van der Waals surface area (Å²) in [4.78, 5) is 4.37. The lowest BCUT2D eigenvalue weighted by Gasteiger charge is -2.10. The van der Waals surface area contributed by atoms with Gasteiger partial charge < -0.3 is 10.8 Å². The molecule has 3 nitrogen and oxygen atoms in total. The van der Waals surface area contributed by atoms with E-state index in [1.54, 1.807) is 6.07 Å². The van der Waals surface area contributed by atoms with Crippen molar-refractivity contribution in [3.05, 3.63) is 59.2 Å². The van der Waals surface area contributed by atoms with Crippen LogP contribution in [0.3, 0.4) is 0 Å². The van der Waals surface area contributed by atoms with E-state index < -0.39 is 0 Å². The standard InChI is InChI=1S/C17H20N2O/c1-11(2)13-6-9-16(20)15(10-13)17(18)19-14-7-4-12(3)5-8-14/h4-11,20H,1-3H3,(H2,18,19). The predicted octanol–water partition coefficient (Wildman–Crippen LogP) is 3.86. The Balaban J connectivity index is 2.39. The van der Waals surface area contributed by atoms with Crippen molar-refractivity contribution in [1.29, 1.82) is 0 Å². The third-order valence-electron chi connectivity index (χ3n) is 3.25. The fraction of sp³-hybridized carbons (Fsp3) is 0.235. The van der Waals surface area contributed by atoms with Gasteiger partial charge in [-0.25, -0.2) is 4.99 Å². The summed E-state index contributed by atoms with van der Waals surface area (Å²) in [5.74, 6) is 0.859. The molecule has 0 aliphatic rings. The van der Waals surface area contributed by atoms with Crippen LogP contribution >= 0.6 is 0 Å². The van der Waals surface area contributed by atoms with Crippen molar-refractivity contribution in [2.24, 2.45) is 10.7 Å². The number of aliphatic imine (C=N–C) groups is 1. The molecule has 3 N–H and O–H groups in total. The van der Waals surface area contributed by atoms with Crippen molar-refractivity contribution in [2.75, 3.05) is 0 Å². The molecule has 2 rings (SSSR count). The minimum Gasteiger partial charge on any atom is -0.507 e. The van der Waals surface area contributed by atoms with Crippen molar-refractivity contribution < 1.29 is 5.11 Å². The number of phenols is 1. The smallest absolute Gasteiger partial charge is 0.135 e. The van der Waals surface area contributed by atoms with Crippen LogP contribution in [0, 0.1) is 6.92 Å². The Morgan fingerprint density at radius 2 is 1.75 bits per heavy atom. The van der Waals surface area contributed by atoms with Gasteiger partial charge in [0.2, 0.25) is 0 Å². The van der Waals surface area contributed by atoms with Gasteiger partial charge in [0.25, 0.3) is 0 Å². The number of hydrogen-bond donors (Lipinski definition) is 2. The monoisotopic (exact) mass is 268 g/mol. The van der Waals surface area contributed by atoms with Crippen molar-refractivity contribution in [2.45, 2.75) is 26.7 Å². The maximum Gasteiger partial charge on any atom is 0.135 e. The SMILES string of the molecule is Cc1ccc(N=C(N)c2cc(C(C)C)ccc2O)cc1. The van der Waals surface area contributed by atoms with Crippen LogP contribution in [-0.4, -0.2) is 10.9 Å². The van der Waals surface area contributed by atoms with Crippen molar-refractivity contribution in [3.63, 3.8) is 0 Å². The van der Waals surface area contributed by atoms with Gasteiger partial charge in [0, 0.05) is 0 Å². The summed E-state index contributed by atoms with van der Waals surface area (Å²) in [5, 5.41) is 9.95. The summed E-state index contributed by atoms with van der Waals surface area (Å²) in [6.45, 7) is 6.22. The maximum atomic E-state index is 9.95. The van der Waals surface area contributed by atoms with E-state index in [0.29, 0.717) is 17.3 Å². The minimum atomic E-state index is 0.155. The van der Waals surface area contributed by atoms with Gasteiger partial charge in [0.05, 0.1) is 11.3 Å². The van der Waals surface area contributed by atoms with Gasteiger partial charge in [0.15, 0.2) is 0 Å². The summed E-state index contributed by atoms with van der Waals surface area (Å²) in [6, 6.07) is 13.3. The van der Waals surface area contributed by atoms with Gasteiger partial charge in [-0.3, -0.25) is 0 Å². The third-order valence-corrected chi connectivity index (χ3v) is 3.25. The van der Waals surface area contributed by atoms with Gasteiger partial charge in [-0.05, 0) is 42.7 Å². The average Bonchev–Trinajstić information content (AvgIpc) is 2.41. The van der Waals surface area contributed by atoms with E-state index in [1.165, 1.54) is 5.56 Å². The molecule has 0 unspecified atom stereocenters. The molecule has 0 radical (unpaired) electrons. The molecule has 20 heavy (non-hydrogen) atoms. The lowest BCUT2D eigenvalue weighted by atomic mass is 10.00. The van der Waals surface area contributed by atoms with Crippen LogP contribution in [0.4, 0.5) is 5.69 Å². The normalized spacial score (nSPS) is 11.9. The molecule has 0 amide bonds. The topological polar surface area (TPSA) is 58.6 Å². The molecule has 0 aliphatic carbocycles. The molecule has 0 spiro atoms. The van der Waals surface area contributed by atoms with Gasteiger partial charge in [0.1, 0.15) is 11.6 Å². The van der Waals surface area contributed by atoms with Gasteiger partial charge >= 0.3 is 0 Å². The Labute approximate surface area is 119 Å². The van der Waals surface area contributed by atoms with E-state index >= 15 is 0 Å². The second kappa shape index (κ2) is 5.78. The lowest BCUT2D eigenvalue weighted by molar-refractivity contribution is 0.473. The molecule has 0 saturated carbocycles. The number of amidine groups is 1. The van der Waals surface area contributed by atoms with Crippen LogP contribution in [0.15, 0.2) is 47.5 Å². The van der Waals surface area contributed by atoms with E-state index in [-0.39, 0.29) is 5.75 Å². The molecule has 3 heteroatoms. The molecule has 0 atom stereocenters. The number of nitrogens with zero attached hydrogens (tertiary/aromatic N) is 1. The number of aryl methyl sites for hydroxylation is 1. The fourth-order valence-electron chi connectivity index (χ4n) is 1.94. The molecular weight excluding hydrogens is 248 g/mol. The van der Waals surface area contributed by atoms with E-state index in [0.717, 1.165) is 11.3 Å². The Morgan fingerprint density at radius 1 is 1.10 bits per heavy atom. The van der Waals surface area contributed by atoms with E-state index in [9.17, 15) is 5.11 Å². The Kier molecular flexibility index (Phi) is 4.08. The van der Waals surface area contributed by atoms with Crippen molar-refractivity contribution >= 4 is 11.5 Å². The van der Waals surface area contributed by atoms with E-state index in [2.05, 4.69) is 18.8 Å². The summed E-state index contributed by atoms with van der Waals surface area (Å²) < 4.78 is 0. The minimum absolute atomic E-state index is 0.155. The van der Waals surface area contributed by atoms with Crippen LogP contribution in [0.1, 0.15) is 36.5 Å². The third kappa shape index (κ3) is 3.18. The number of nitrogens with two attached hydrogens (primary N) is 1. The number of benzene rings is 2. The molecule has 0 heterocycles. The Hall–Kier alpha value is -2.29. The molecule has 0 fully saturated rings. The lowest BCUT2D eigenvalue weighted by Crippen LogP contribution is -2.13. The molecule has 0 bridgehead atoms. The summed E-state index contributed by atoms with van der Waals surface area (Å²) in [6.07, 6.45) is 0. The van der Waals surface area contributed by atoms with Crippen LogP contribution in [0.2, 0.25) is 0 Å². The van der Waals surface area contributed by atoms with Crippen LogP contribution in [-0.2, 0) is 0 Å². The average molecular weight is 268 g/mol. The molecule has 0 aromatic heterocycles. The molecule has 0 aliphatic heterocycles. The zero-order valence-corrected chi connectivity index (χ0v) is 12.1. The van der Waals surface area contributed by atoms with Gasteiger partial charge in [-0.2, -0.15) is 0 Å². The van der Waals surface area contributed by atoms with Crippen LogP contribution < -0.4 is 5.73 Å². The first-order valence-corrected chi connectivity index (χ1v) is 6.71. The second-order valence-electron chi connectivity index (χ2n) is 5.26. The first-order chi connectivity index (χ1) is 9.47. The molecule has 2 aromatic carbocycles. The zero-order chi connectivity index (χ0) is 14.7. The number of aromatic hydroxyl groups is 1. The molecular formula is C17H20N2O. The summed E-state index contributed by atoms with van der Waals surface area (Å²) >= 11 is 0.